The zero-order valence-electron chi connectivity index (χ0n) is 9.62. The maximum absolute atomic E-state index is 5.05. The van der Waals surface area contributed by atoms with E-state index < -0.39 is 0 Å². The molecule has 0 aromatic carbocycles. The first-order chi connectivity index (χ1) is 6.65. The third-order valence-corrected chi connectivity index (χ3v) is 2.98. The van der Waals surface area contributed by atoms with E-state index in [0.29, 0.717) is 5.92 Å². The predicted octanol–water partition coefficient (Wildman–Crippen LogP) is 1.03. The summed E-state index contributed by atoms with van der Waals surface area (Å²) >= 11 is 0. The van der Waals surface area contributed by atoms with Crippen LogP contribution in [0.3, 0.4) is 0 Å². The molecule has 0 bridgehead atoms. The van der Waals surface area contributed by atoms with E-state index in [9.17, 15) is 0 Å². The molecule has 1 rings (SSSR count). The van der Waals surface area contributed by atoms with Gasteiger partial charge in [0.2, 0.25) is 0 Å². The van der Waals surface area contributed by atoms with Gasteiger partial charge in [-0.1, -0.05) is 6.58 Å². The molecule has 1 saturated heterocycles. The molecule has 1 aliphatic rings. The van der Waals surface area contributed by atoms with Crippen molar-refractivity contribution in [3.8, 4) is 0 Å². The van der Waals surface area contributed by atoms with Gasteiger partial charge >= 0.3 is 0 Å². The Morgan fingerprint density at radius 2 is 2.36 bits per heavy atom. The quantitative estimate of drug-likeness (QED) is 0.656. The van der Waals surface area contributed by atoms with Crippen LogP contribution in [0.15, 0.2) is 12.3 Å². The average molecular weight is 198 g/mol. The SMILES string of the molecule is C=C([C@H]1CCN(C)C1)N(C)CCOC. The van der Waals surface area contributed by atoms with Crippen molar-refractivity contribution in [2.45, 2.75) is 6.42 Å². The summed E-state index contributed by atoms with van der Waals surface area (Å²) in [7, 11) is 6.00. The van der Waals surface area contributed by atoms with E-state index in [4.69, 9.17) is 4.74 Å². The zero-order chi connectivity index (χ0) is 10.6. The minimum absolute atomic E-state index is 0.641. The van der Waals surface area contributed by atoms with Gasteiger partial charge in [0.25, 0.3) is 0 Å². The van der Waals surface area contributed by atoms with Gasteiger partial charge < -0.3 is 14.5 Å². The molecule has 0 aliphatic carbocycles. The highest BCUT2D eigenvalue weighted by Gasteiger charge is 2.23. The highest BCUT2D eigenvalue weighted by molar-refractivity contribution is 5.02. The lowest BCUT2D eigenvalue weighted by Gasteiger charge is -2.25. The summed E-state index contributed by atoms with van der Waals surface area (Å²) in [5, 5.41) is 0. The van der Waals surface area contributed by atoms with Crippen LogP contribution in [0.2, 0.25) is 0 Å². The number of hydrogen-bond acceptors (Lipinski definition) is 3. The van der Waals surface area contributed by atoms with Crippen LogP contribution in [0.25, 0.3) is 0 Å². The fraction of sp³-hybridized carbons (Fsp3) is 0.818. The molecule has 1 fully saturated rings. The van der Waals surface area contributed by atoms with E-state index in [1.54, 1.807) is 7.11 Å². The molecule has 1 heterocycles. The van der Waals surface area contributed by atoms with Crippen LogP contribution in [-0.4, -0.2) is 57.2 Å². The number of likely N-dealkylation sites (tertiary alicyclic amines) is 1. The van der Waals surface area contributed by atoms with Crippen LogP contribution in [0, 0.1) is 5.92 Å². The summed E-state index contributed by atoms with van der Waals surface area (Å²) in [6.45, 7) is 8.23. The van der Waals surface area contributed by atoms with Gasteiger partial charge in [0.15, 0.2) is 0 Å². The van der Waals surface area contributed by atoms with Crippen molar-refractivity contribution >= 4 is 0 Å². The second kappa shape index (κ2) is 5.37. The lowest BCUT2D eigenvalue weighted by Crippen LogP contribution is -2.27. The minimum Gasteiger partial charge on any atom is -0.383 e. The van der Waals surface area contributed by atoms with Crippen LogP contribution in [0.5, 0.6) is 0 Å². The largest absolute Gasteiger partial charge is 0.383 e. The first-order valence-corrected chi connectivity index (χ1v) is 5.22. The van der Waals surface area contributed by atoms with E-state index in [2.05, 4.69) is 30.5 Å². The van der Waals surface area contributed by atoms with E-state index in [1.807, 2.05) is 0 Å². The minimum atomic E-state index is 0.641. The van der Waals surface area contributed by atoms with Crippen molar-refractivity contribution < 1.29 is 4.74 Å². The van der Waals surface area contributed by atoms with E-state index in [0.717, 1.165) is 19.7 Å². The highest BCUT2D eigenvalue weighted by Crippen LogP contribution is 2.22. The van der Waals surface area contributed by atoms with Gasteiger partial charge in [0, 0.05) is 38.9 Å². The molecule has 3 heteroatoms. The normalized spacial score (nSPS) is 22.6. The summed E-state index contributed by atoms with van der Waals surface area (Å²) in [6.07, 6.45) is 1.24. The zero-order valence-corrected chi connectivity index (χ0v) is 9.62. The number of methoxy groups -OCH3 is 1. The third kappa shape index (κ3) is 3.00. The lowest BCUT2D eigenvalue weighted by molar-refractivity contribution is 0.169. The molecule has 1 atom stereocenters. The van der Waals surface area contributed by atoms with Crippen molar-refractivity contribution in [2.24, 2.45) is 5.92 Å². The van der Waals surface area contributed by atoms with Crippen LogP contribution in [0.4, 0.5) is 0 Å². The lowest BCUT2D eigenvalue weighted by atomic mass is 10.1. The first kappa shape index (κ1) is 11.5. The van der Waals surface area contributed by atoms with Crippen LogP contribution >= 0.6 is 0 Å². The fourth-order valence-corrected chi connectivity index (χ4v) is 1.89. The maximum atomic E-state index is 5.05. The summed E-state index contributed by atoms with van der Waals surface area (Å²) in [4.78, 5) is 4.58. The molecule has 0 aromatic heterocycles. The Kier molecular flexibility index (Phi) is 4.42. The second-order valence-electron chi connectivity index (χ2n) is 4.15. The average Bonchev–Trinajstić information content (AvgIpc) is 2.60. The van der Waals surface area contributed by atoms with Crippen LogP contribution in [0.1, 0.15) is 6.42 Å². The molecular weight excluding hydrogens is 176 g/mol. The Balaban J connectivity index is 2.32. The molecule has 0 radical (unpaired) electrons. The smallest absolute Gasteiger partial charge is 0.0637 e. The standard InChI is InChI=1S/C11H22N2O/c1-10(13(3)7-8-14-4)11-5-6-12(2)9-11/h11H,1,5-9H2,2-4H3/t11-/m0/s1. The van der Waals surface area contributed by atoms with Gasteiger partial charge in [0.1, 0.15) is 0 Å². The summed E-state index contributed by atoms with van der Waals surface area (Å²) in [5.41, 5.74) is 1.26. The first-order valence-electron chi connectivity index (χ1n) is 5.22. The van der Waals surface area contributed by atoms with Gasteiger partial charge in [-0.05, 0) is 20.0 Å². The van der Waals surface area contributed by atoms with Gasteiger partial charge in [-0.3, -0.25) is 0 Å². The molecule has 14 heavy (non-hydrogen) atoms. The summed E-state index contributed by atoms with van der Waals surface area (Å²) in [6, 6.07) is 0. The van der Waals surface area contributed by atoms with Crippen molar-refractivity contribution in [3.05, 3.63) is 12.3 Å². The number of ether oxygens (including phenoxy) is 1. The highest BCUT2D eigenvalue weighted by atomic mass is 16.5. The van der Waals surface area contributed by atoms with E-state index in [1.165, 1.54) is 18.7 Å². The van der Waals surface area contributed by atoms with Gasteiger partial charge in [0.05, 0.1) is 6.61 Å². The molecule has 0 N–H and O–H groups in total. The van der Waals surface area contributed by atoms with Crippen LogP contribution in [-0.2, 0) is 4.74 Å². The molecule has 82 valence electrons. The Bertz CT molecular complexity index is 194. The van der Waals surface area contributed by atoms with Crippen molar-refractivity contribution in [2.75, 3.05) is 47.4 Å². The molecular formula is C11H22N2O. The van der Waals surface area contributed by atoms with Crippen molar-refractivity contribution in [1.82, 2.24) is 9.80 Å². The van der Waals surface area contributed by atoms with Crippen molar-refractivity contribution in [1.29, 1.82) is 0 Å². The molecule has 0 amide bonds. The molecule has 0 unspecified atom stereocenters. The Morgan fingerprint density at radius 1 is 1.64 bits per heavy atom. The second-order valence-corrected chi connectivity index (χ2v) is 4.15. The molecule has 1 aliphatic heterocycles. The molecule has 3 nitrogen and oxygen atoms in total. The third-order valence-electron chi connectivity index (χ3n) is 2.98. The summed E-state index contributed by atoms with van der Waals surface area (Å²) < 4.78 is 5.05. The van der Waals surface area contributed by atoms with Gasteiger partial charge in [-0.15, -0.1) is 0 Å². The number of likely N-dealkylation sites (N-methyl/N-ethyl adjacent to an activating group) is 1. The van der Waals surface area contributed by atoms with Crippen LogP contribution < -0.4 is 0 Å². The fourth-order valence-electron chi connectivity index (χ4n) is 1.89. The van der Waals surface area contributed by atoms with E-state index in [-0.39, 0.29) is 0 Å². The topological polar surface area (TPSA) is 15.7 Å². The Hall–Kier alpha value is -0.540. The predicted molar refractivity (Wildman–Crippen MR) is 59.3 cm³/mol. The number of hydrogen-bond donors (Lipinski definition) is 0. The van der Waals surface area contributed by atoms with E-state index >= 15 is 0 Å². The molecule has 0 spiro atoms. The monoisotopic (exact) mass is 198 g/mol. The number of nitrogens with zero attached hydrogens (tertiary/aromatic N) is 2. The number of rotatable bonds is 5. The van der Waals surface area contributed by atoms with Crippen molar-refractivity contribution in [3.63, 3.8) is 0 Å². The van der Waals surface area contributed by atoms with Gasteiger partial charge in [-0.25, -0.2) is 0 Å². The Morgan fingerprint density at radius 3 is 2.86 bits per heavy atom. The maximum Gasteiger partial charge on any atom is 0.0637 e. The van der Waals surface area contributed by atoms with Gasteiger partial charge in [-0.2, -0.15) is 0 Å². The summed E-state index contributed by atoms with van der Waals surface area (Å²) in [5.74, 6) is 0.641. The Labute approximate surface area is 87.3 Å². The molecule has 0 saturated carbocycles. The molecule has 0 aromatic rings.